The minimum Gasteiger partial charge on any atom is -0.477 e. The average Bonchev–Trinajstić information content (AvgIpc) is 2.82. The Morgan fingerprint density at radius 3 is 2.68 bits per heavy atom. The molecule has 2 aromatic rings. The van der Waals surface area contributed by atoms with Gasteiger partial charge in [-0.05, 0) is 19.1 Å². The van der Waals surface area contributed by atoms with E-state index in [0.29, 0.717) is 11.1 Å². The van der Waals surface area contributed by atoms with Crippen LogP contribution in [0.4, 0.5) is 5.69 Å². The molecule has 0 saturated carbocycles. The highest BCUT2D eigenvalue weighted by Gasteiger charge is 2.13. The topological polar surface area (TPSA) is 95.1 Å². The van der Waals surface area contributed by atoms with E-state index in [1.54, 1.807) is 13.0 Å². The molecule has 0 unspecified atom stereocenters. The molecular formula is C15H13N3O3S. The van der Waals surface area contributed by atoms with Gasteiger partial charge in [0.05, 0.1) is 0 Å². The van der Waals surface area contributed by atoms with Crippen molar-refractivity contribution >= 4 is 34.8 Å². The number of rotatable bonds is 4. The number of carboxylic acid groups (broad SMARTS) is 1. The number of hydrogen-bond donors (Lipinski definition) is 2. The van der Waals surface area contributed by atoms with Crippen LogP contribution in [0, 0.1) is 11.3 Å². The molecule has 0 spiro atoms. The largest absolute Gasteiger partial charge is 0.477 e. The number of anilines is 1. The van der Waals surface area contributed by atoms with Crippen LogP contribution in [0.3, 0.4) is 0 Å². The van der Waals surface area contributed by atoms with E-state index in [-0.39, 0.29) is 10.2 Å². The number of nitrogens with one attached hydrogen (secondary N) is 1. The number of carboxylic acids is 1. The fourth-order valence-electron chi connectivity index (χ4n) is 1.86. The summed E-state index contributed by atoms with van der Waals surface area (Å²) in [7, 11) is 0. The minimum absolute atomic E-state index is 0.156. The fraction of sp³-hybridized carbons (Fsp3) is 0.133. The molecule has 0 aliphatic heterocycles. The van der Waals surface area contributed by atoms with Crippen LogP contribution in [-0.4, -0.2) is 15.6 Å². The first-order valence-corrected chi connectivity index (χ1v) is 7.29. The van der Waals surface area contributed by atoms with E-state index in [2.05, 4.69) is 5.32 Å². The van der Waals surface area contributed by atoms with Crippen molar-refractivity contribution in [3.63, 3.8) is 0 Å². The Morgan fingerprint density at radius 2 is 2.14 bits per heavy atom. The number of aliphatic carboxylic acids is 1. The zero-order valence-electron chi connectivity index (χ0n) is 11.7. The summed E-state index contributed by atoms with van der Waals surface area (Å²) in [6.45, 7) is 2.02. The third kappa shape index (κ3) is 3.07. The molecule has 2 rings (SSSR count). The first kappa shape index (κ1) is 15.5. The number of thiazole rings is 1. The third-order valence-corrected chi connectivity index (χ3v) is 4.04. The molecule has 112 valence electrons. The summed E-state index contributed by atoms with van der Waals surface area (Å²) in [4.78, 5) is 23.4. The van der Waals surface area contributed by atoms with Crippen LogP contribution in [0.15, 0.2) is 35.1 Å². The molecule has 0 bridgehead atoms. The number of nitrogens with zero attached hydrogens (tertiary/aromatic N) is 2. The number of hydrogen-bond acceptors (Lipinski definition) is 5. The van der Waals surface area contributed by atoms with Gasteiger partial charge in [-0.15, -0.1) is 11.3 Å². The molecular weight excluding hydrogens is 302 g/mol. The number of benzene rings is 1. The highest BCUT2D eigenvalue weighted by atomic mass is 32.1. The molecule has 0 amide bonds. The first-order chi connectivity index (χ1) is 10.6. The smallest absolute Gasteiger partial charge is 0.349 e. The van der Waals surface area contributed by atoms with Crippen molar-refractivity contribution in [2.24, 2.45) is 0 Å². The molecule has 1 aromatic carbocycles. The Bertz CT molecular complexity index is 904. The second-order valence-corrected chi connectivity index (χ2v) is 5.30. The van der Waals surface area contributed by atoms with Crippen LogP contribution in [-0.2, 0) is 11.3 Å². The quantitative estimate of drug-likeness (QED) is 0.858. The minimum atomic E-state index is -1.34. The second-order valence-electron chi connectivity index (χ2n) is 4.27. The van der Waals surface area contributed by atoms with Crippen LogP contribution in [0.25, 0.3) is 11.8 Å². The van der Waals surface area contributed by atoms with Gasteiger partial charge in [0.25, 0.3) is 5.56 Å². The molecule has 2 N–H and O–H groups in total. The van der Waals surface area contributed by atoms with Gasteiger partial charge in [-0.3, -0.25) is 9.36 Å². The summed E-state index contributed by atoms with van der Waals surface area (Å²) < 4.78 is 1.79. The van der Waals surface area contributed by atoms with E-state index in [4.69, 9.17) is 10.4 Å². The third-order valence-electron chi connectivity index (χ3n) is 2.91. The van der Waals surface area contributed by atoms with E-state index in [1.807, 2.05) is 30.3 Å². The average molecular weight is 315 g/mol. The number of nitriles is 1. The predicted octanol–water partition coefficient (Wildman–Crippen LogP) is 0.539. The number of para-hydroxylation sites is 1. The van der Waals surface area contributed by atoms with Crippen LogP contribution in [0.1, 0.15) is 6.92 Å². The lowest BCUT2D eigenvalue weighted by atomic mass is 10.3. The Labute approximate surface area is 129 Å². The van der Waals surface area contributed by atoms with Gasteiger partial charge in [0.2, 0.25) is 0 Å². The lowest BCUT2D eigenvalue weighted by molar-refractivity contribution is -0.130. The van der Waals surface area contributed by atoms with Crippen molar-refractivity contribution in [3.05, 3.63) is 49.9 Å². The monoisotopic (exact) mass is 315 g/mol. The summed E-state index contributed by atoms with van der Waals surface area (Å²) in [5.41, 5.74) is 0.0610. The normalized spacial score (nSPS) is 12.6. The fourth-order valence-corrected chi connectivity index (χ4v) is 2.94. The van der Waals surface area contributed by atoms with E-state index < -0.39 is 11.5 Å². The maximum absolute atomic E-state index is 12.3. The Balaban J connectivity index is 2.62. The lowest BCUT2D eigenvalue weighted by Gasteiger charge is -1.97. The van der Waals surface area contributed by atoms with Gasteiger partial charge in [-0.2, -0.15) is 5.26 Å². The molecule has 7 heteroatoms. The van der Waals surface area contributed by atoms with E-state index in [1.165, 1.54) is 10.8 Å². The predicted molar refractivity (Wildman–Crippen MR) is 84.7 cm³/mol. The molecule has 6 nitrogen and oxygen atoms in total. The van der Waals surface area contributed by atoms with E-state index >= 15 is 0 Å². The molecule has 0 aliphatic rings. The summed E-state index contributed by atoms with van der Waals surface area (Å²) in [5, 5.41) is 21.0. The van der Waals surface area contributed by atoms with Gasteiger partial charge in [0.15, 0.2) is 5.57 Å². The van der Waals surface area contributed by atoms with Gasteiger partial charge in [0, 0.05) is 18.4 Å². The van der Waals surface area contributed by atoms with E-state index in [0.717, 1.165) is 17.0 Å². The lowest BCUT2D eigenvalue weighted by Crippen LogP contribution is -2.32. The van der Waals surface area contributed by atoms with Crippen LogP contribution in [0.2, 0.25) is 0 Å². The second kappa shape index (κ2) is 6.74. The summed E-state index contributed by atoms with van der Waals surface area (Å²) >= 11 is 0.983. The Morgan fingerprint density at radius 1 is 1.45 bits per heavy atom. The van der Waals surface area contributed by atoms with Gasteiger partial charge in [-0.25, -0.2) is 4.79 Å². The molecule has 1 aromatic heterocycles. The highest BCUT2D eigenvalue weighted by molar-refractivity contribution is 7.07. The number of carbonyl (C=O) groups is 1. The highest BCUT2D eigenvalue weighted by Crippen LogP contribution is 2.04. The van der Waals surface area contributed by atoms with Gasteiger partial charge in [0.1, 0.15) is 15.3 Å². The maximum Gasteiger partial charge on any atom is 0.349 e. The van der Waals surface area contributed by atoms with Crippen molar-refractivity contribution in [2.45, 2.75) is 13.5 Å². The maximum atomic E-state index is 12.3. The number of aromatic nitrogens is 1. The van der Waals surface area contributed by atoms with Gasteiger partial charge in [-0.1, -0.05) is 18.2 Å². The van der Waals surface area contributed by atoms with Crippen molar-refractivity contribution in [3.8, 4) is 6.07 Å². The Kier molecular flexibility index (Phi) is 4.76. The summed E-state index contributed by atoms with van der Waals surface area (Å²) in [6.07, 6.45) is 1.52. The van der Waals surface area contributed by atoms with Crippen molar-refractivity contribution in [1.29, 1.82) is 5.26 Å². The molecule has 22 heavy (non-hydrogen) atoms. The molecule has 0 atom stereocenters. The summed E-state index contributed by atoms with van der Waals surface area (Å²) in [6, 6.07) is 10.9. The van der Waals surface area contributed by atoms with Crippen LogP contribution < -0.4 is 20.1 Å². The summed E-state index contributed by atoms with van der Waals surface area (Å²) in [5.74, 6) is -1.34. The van der Waals surface area contributed by atoms with Crippen molar-refractivity contribution < 1.29 is 9.90 Å². The van der Waals surface area contributed by atoms with Crippen LogP contribution >= 0.6 is 11.3 Å². The SMILES string of the molecule is CCn1c(=O)/c(=C/Nc2ccccc2)s/c1=C(/C#N)C(=O)O. The van der Waals surface area contributed by atoms with E-state index in [9.17, 15) is 9.59 Å². The molecule has 0 saturated heterocycles. The molecule has 0 radical (unpaired) electrons. The molecule has 0 fully saturated rings. The standard InChI is InChI=1S/C15H13N3O3S/c1-2-18-13(19)12(9-17-10-6-4-3-5-7-10)22-14(18)11(8-16)15(20)21/h3-7,9,17H,2H2,1H3,(H,20,21)/b12-9-,14-11-. The van der Waals surface area contributed by atoms with Gasteiger partial charge >= 0.3 is 5.97 Å². The zero-order chi connectivity index (χ0) is 16.1. The van der Waals surface area contributed by atoms with Gasteiger partial charge < -0.3 is 10.4 Å². The zero-order valence-corrected chi connectivity index (χ0v) is 12.6. The van der Waals surface area contributed by atoms with Crippen molar-refractivity contribution in [1.82, 2.24) is 4.57 Å². The molecule has 1 heterocycles. The molecule has 0 aliphatic carbocycles. The van der Waals surface area contributed by atoms with Crippen LogP contribution in [0.5, 0.6) is 0 Å². The first-order valence-electron chi connectivity index (χ1n) is 6.47. The Hall–Kier alpha value is -2.85. The van der Waals surface area contributed by atoms with Crippen molar-refractivity contribution in [2.75, 3.05) is 5.32 Å².